The lowest BCUT2D eigenvalue weighted by molar-refractivity contribution is -0.159. The molecule has 3 rings (SSSR count). The molecule has 138 valence electrons. The van der Waals surface area contributed by atoms with Crippen molar-refractivity contribution in [2.45, 2.75) is 18.9 Å². The lowest BCUT2D eigenvalue weighted by atomic mass is 9.92. The van der Waals surface area contributed by atoms with E-state index in [0.29, 0.717) is 26.1 Å². The molecule has 0 bridgehead atoms. The maximum absolute atomic E-state index is 12.5. The van der Waals surface area contributed by atoms with Crippen molar-refractivity contribution in [1.29, 1.82) is 0 Å². The van der Waals surface area contributed by atoms with Crippen LogP contribution in [0.4, 0.5) is 0 Å². The van der Waals surface area contributed by atoms with Gasteiger partial charge in [-0.25, -0.2) is 9.97 Å². The van der Waals surface area contributed by atoms with Gasteiger partial charge in [-0.1, -0.05) is 29.8 Å². The molecule has 7 heteroatoms. The van der Waals surface area contributed by atoms with Crippen molar-refractivity contribution in [2.75, 3.05) is 32.9 Å². The van der Waals surface area contributed by atoms with Crippen molar-refractivity contribution in [3.8, 4) is 6.01 Å². The summed E-state index contributed by atoms with van der Waals surface area (Å²) in [6, 6.07) is 9.92. The predicted molar refractivity (Wildman–Crippen MR) is 94.8 cm³/mol. The Hall–Kier alpha value is -2.51. The average molecular weight is 357 g/mol. The number of hydrogen-bond acceptors (Lipinski definition) is 6. The van der Waals surface area contributed by atoms with Crippen LogP contribution in [0.25, 0.3) is 0 Å². The fraction of sp³-hybridized carbons (Fsp3) is 0.421. The van der Waals surface area contributed by atoms with E-state index in [1.54, 1.807) is 23.4 Å². The zero-order chi connectivity index (χ0) is 18.4. The number of rotatable bonds is 6. The largest absolute Gasteiger partial charge is 0.453 e. The summed E-state index contributed by atoms with van der Waals surface area (Å²) < 4.78 is 11.2. The number of carbonyl (C=O) groups is 1. The number of aromatic nitrogens is 2. The van der Waals surface area contributed by atoms with Gasteiger partial charge in [0.1, 0.15) is 5.60 Å². The van der Waals surface area contributed by atoms with E-state index in [9.17, 15) is 9.90 Å². The first-order valence-electron chi connectivity index (χ1n) is 8.58. The molecule has 0 aliphatic carbocycles. The summed E-state index contributed by atoms with van der Waals surface area (Å²) in [4.78, 5) is 22.0. The molecule has 26 heavy (non-hydrogen) atoms. The summed E-state index contributed by atoms with van der Waals surface area (Å²) in [6.07, 6.45) is 3.65. The van der Waals surface area contributed by atoms with E-state index in [4.69, 9.17) is 9.47 Å². The van der Waals surface area contributed by atoms with E-state index in [1.807, 2.05) is 25.1 Å². The van der Waals surface area contributed by atoms with Gasteiger partial charge < -0.3 is 19.5 Å². The van der Waals surface area contributed by atoms with Gasteiger partial charge in [-0.3, -0.25) is 4.79 Å². The number of aliphatic hydroxyl groups is 1. The summed E-state index contributed by atoms with van der Waals surface area (Å²) in [5.41, 5.74) is 1.42. The summed E-state index contributed by atoms with van der Waals surface area (Å²) in [5, 5.41) is 9.97. The van der Waals surface area contributed by atoms with Crippen LogP contribution in [-0.2, 0) is 16.0 Å². The lowest BCUT2D eigenvalue weighted by Gasteiger charge is -2.41. The molecule has 2 aromatic rings. The average Bonchev–Trinajstić information content (AvgIpc) is 2.67. The first-order chi connectivity index (χ1) is 12.6. The molecular formula is C19H23N3O4. The Morgan fingerprint density at radius 1 is 1.35 bits per heavy atom. The van der Waals surface area contributed by atoms with Crippen LogP contribution >= 0.6 is 0 Å². The van der Waals surface area contributed by atoms with Crippen molar-refractivity contribution >= 4 is 5.91 Å². The van der Waals surface area contributed by atoms with Crippen LogP contribution < -0.4 is 4.74 Å². The first-order valence-corrected chi connectivity index (χ1v) is 8.58. The normalized spacial score (nSPS) is 20.0. The predicted octanol–water partition coefficient (Wildman–Crippen LogP) is 0.996. The molecule has 0 unspecified atom stereocenters. The Bertz CT molecular complexity index is 741. The third-order valence-electron chi connectivity index (χ3n) is 4.36. The van der Waals surface area contributed by atoms with Crippen molar-refractivity contribution in [1.82, 2.24) is 14.9 Å². The minimum absolute atomic E-state index is 0.143. The molecular weight excluding hydrogens is 334 g/mol. The van der Waals surface area contributed by atoms with E-state index in [-0.39, 0.29) is 25.1 Å². The van der Waals surface area contributed by atoms with E-state index in [0.717, 1.165) is 11.1 Å². The summed E-state index contributed by atoms with van der Waals surface area (Å²) in [5.74, 6) is -0.178. The number of morpholine rings is 1. The fourth-order valence-electron chi connectivity index (χ4n) is 3.09. The fourth-order valence-corrected chi connectivity index (χ4v) is 3.09. The number of carbonyl (C=O) groups excluding carboxylic acids is 1. The summed E-state index contributed by atoms with van der Waals surface area (Å²) in [7, 11) is 0. The van der Waals surface area contributed by atoms with E-state index in [2.05, 4.69) is 16.0 Å². The maximum atomic E-state index is 12.5. The summed E-state index contributed by atoms with van der Waals surface area (Å²) >= 11 is 0. The Morgan fingerprint density at radius 2 is 2.15 bits per heavy atom. The highest BCUT2D eigenvalue weighted by Crippen LogP contribution is 2.23. The van der Waals surface area contributed by atoms with Gasteiger partial charge in [0.2, 0.25) is 0 Å². The van der Waals surface area contributed by atoms with Crippen molar-refractivity contribution in [3.05, 3.63) is 53.9 Å². The molecule has 1 aliphatic heterocycles. The van der Waals surface area contributed by atoms with Crippen molar-refractivity contribution < 1.29 is 19.4 Å². The quantitative estimate of drug-likeness (QED) is 0.830. The monoisotopic (exact) mass is 357 g/mol. The molecule has 1 aliphatic rings. The lowest BCUT2D eigenvalue weighted by Crippen LogP contribution is -2.57. The third-order valence-corrected chi connectivity index (χ3v) is 4.36. The molecule has 1 saturated heterocycles. The SMILES string of the molecule is Cc1cccc(C[C@]2(CO)CN(C(=O)COc3ncccn3)CCO2)c1. The van der Waals surface area contributed by atoms with E-state index < -0.39 is 5.60 Å². The van der Waals surface area contributed by atoms with Crippen molar-refractivity contribution in [2.24, 2.45) is 0 Å². The molecule has 1 fully saturated rings. The second kappa shape index (κ2) is 8.25. The van der Waals surface area contributed by atoms with E-state index >= 15 is 0 Å². The van der Waals surface area contributed by atoms with Gasteiger partial charge >= 0.3 is 6.01 Å². The maximum Gasteiger partial charge on any atom is 0.316 e. The number of nitrogens with zero attached hydrogens (tertiary/aromatic N) is 3. The van der Waals surface area contributed by atoms with Crippen LogP contribution in [-0.4, -0.2) is 64.4 Å². The number of aliphatic hydroxyl groups excluding tert-OH is 1. The van der Waals surface area contributed by atoms with Crippen LogP contribution in [0.2, 0.25) is 0 Å². The number of aryl methyl sites for hydroxylation is 1. The van der Waals surface area contributed by atoms with Gasteiger partial charge in [-0.05, 0) is 18.6 Å². The number of ether oxygens (including phenoxy) is 2. The highest BCUT2D eigenvalue weighted by Gasteiger charge is 2.38. The topological polar surface area (TPSA) is 84.8 Å². The van der Waals surface area contributed by atoms with Crippen LogP contribution in [0.3, 0.4) is 0 Å². The minimum Gasteiger partial charge on any atom is -0.453 e. The molecule has 1 amide bonds. The minimum atomic E-state index is -0.801. The Labute approximate surface area is 152 Å². The molecule has 1 aromatic carbocycles. The highest BCUT2D eigenvalue weighted by molar-refractivity contribution is 5.77. The standard InChI is InChI=1S/C19H23N3O4/c1-15-4-2-5-16(10-15)11-19(14-23)13-22(8-9-26-19)17(24)12-25-18-20-6-3-7-21-18/h2-7,10,23H,8-9,11-14H2,1H3/t19-/m1/s1. The molecule has 1 aromatic heterocycles. The molecule has 2 heterocycles. The van der Waals surface area contributed by atoms with Gasteiger partial charge in [-0.2, -0.15) is 0 Å². The molecule has 1 N–H and O–H groups in total. The molecule has 0 spiro atoms. The van der Waals surface area contributed by atoms with Gasteiger partial charge in [-0.15, -0.1) is 0 Å². The zero-order valence-electron chi connectivity index (χ0n) is 14.8. The second-order valence-corrected chi connectivity index (χ2v) is 6.49. The van der Waals surface area contributed by atoms with Gasteiger partial charge in [0, 0.05) is 25.4 Å². The van der Waals surface area contributed by atoms with Crippen LogP contribution in [0, 0.1) is 6.92 Å². The number of amides is 1. The molecule has 0 radical (unpaired) electrons. The first kappa shape index (κ1) is 18.3. The smallest absolute Gasteiger partial charge is 0.316 e. The highest BCUT2D eigenvalue weighted by atomic mass is 16.5. The molecule has 1 atom stereocenters. The van der Waals surface area contributed by atoms with Gasteiger partial charge in [0.25, 0.3) is 5.91 Å². The number of hydrogen-bond donors (Lipinski definition) is 1. The van der Waals surface area contributed by atoms with E-state index in [1.165, 1.54) is 0 Å². The Kier molecular flexibility index (Phi) is 5.80. The van der Waals surface area contributed by atoms with Crippen molar-refractivity contribution in [3.63, 3.8) is 0 Å². The van der Waals surface area contributed by atoms with Gasteiger partial charge in [0.15, 0.2) is 6.61 Å². The van der Waals surface area contributed by atoms with Crippen LogP contribution in [0.1, 0.15) is 11.1 Å². The van der Waals surface area contributed by atoms with Crippen LogP contribution in [0.15, 0.2) is 42.7 Å². The zero-order valence-corrected chi connectivity index (χ0v) is 14.8. The van der Waals surface area contributed by atoms with Gasteiger partial charge in [0.05, 0.1) is 19.8 Å². The molecule has 0 saturated carbocycles. The summed E-state index contributed by atoms with van der Waals surface area (Å²) in [6.45, 7) is 2.88. The van der Waals surface area contributed by atoms with Crippen LogP contribution in [0.5, 0.6) is 6.01 Å². The molecule has 7 nitrogen and oxygen atoms in total. The third kappa shape index (κ3) is 4.56. The Balaban J connectivity index is 1.63. The number of benzene rings is 1. The Morgan fingerprint density at radius 3 is 2.88 bits per heavy atom. The second-order valence-electron chi connectivity index (χ2n) is 6.49.